The summed E-state index contributed by atoms with van der Waals surface area (Å²) >= 11 is 0. The zero-order chi connectivity index (χ0) is 11.6. The molecule has 0 spiro atoms. The maximum Gasteiger partial charge on any atom is 0.119 e. The van der Waals surface area contributed by atoms with E-state index < -0.39 is 0 Å². The topological polar surface area (TPSA) is 21.3 Å². The highest BCUT2D eigenvalue weighted by Gasteiger charge is 2.03. The number of hydrogen-bond donors (Lipinski definition) is 1. The highest BCUT2D eigenvalue weighted by Crippen LogP contribution is 2.09. The summed E-state index contributed by atoms with van der Waals surface area (Å²) in [5, 5.41) is 3.48. The average molecular weight is 221 g/mol. The van der Waals surface area contributed by atoms with E-state index in [1.807, 2.05) is 30.3 Å². The number of para-hydroxylation sites is 1. The second-order valence-corrected chi connectivity index (χ2v) is 3.97. The zero-order valence-corrected chi connectivity index (χ0v) is 10.4. The smallest absolute Gasteiger partial charge is 0.119 e. The molecule has 0 saturated heterocycles. The molecular weight excluding hydrogens is 198 g/mol. The number of rotatable bonds is 8. The molecule has 1 N–H and O–H groups in total. The Hall–Kier alpha value is -1.02. The van der Waals surface area contributed by atoms with Crippen LogP contribution < -0.4 is 10.1 Å². The largest absolute Gasteiger partial charge is 0.494 e. The van der Waals surface area contributed by atoms with E-state index in [0.717, 1.165) is 25.3 Å². The molecule has 16 heavy (non-hydrogen) atoms. The fraction of sp³-hybridized carbons (Fsp3) is 0.571. The molecule has 1 atom stereocenters. The third-order valence-electron chi connectivity index (χ3n) is 2.69. The summed E-state index contributed by atoms with van der Waals surface area (Å²) in [4.78, 5) is 0. The van der Waals surface area contributed by atoms with Gasteiger partial charge in [-0.2, -0.15) is 0 Å². The van der Waals surface area contributed by atoms with Gasteiger partial charge in [-0.05, 0) is 37.9 Å². The van der Waals surface area contributed by atoms with Gasteiger partial charge in [-0.1, -0.05) is 32.0 Å². The normalized spacial score (nSPS) is 12.4. The predicted octanol–water partition coefficient (Wildman–Crippen LogP) is 3.23. The minimum Gasteiger partial charge on any atom is -0.494 e. The summed E-state index contributed by atoms with van der Waals surface area (Å²) in [6, 6.07) is 10.7. The van der Waals surface area contributed by atoms with Gasteiger partial charge in [0.2, 0.25) is 0 Å². The minimum absolute atomic E-state index is 0.643. The molecule has 0 heterocycles. The first-order valence-electron chi connectivity index (χ1n) is 6.28. The van der Waals surface area contributed by atoms with Crippen molar-refractivity contribution in [2.45, 2.75) is 39.2 Å². The first kappa shape index (κ1) is 13.0. The fourth-order valence-electron chi connectivity index (χ4n) is 1.78. The molecule has 0 radical (unpaired) electrons. The van der Waals surface area contributed by atoms with Crippen LogP contribution in [-0.2, 0) is 0 Å². The van der Waals surface area contributed by atoms with E-state index in [9.17, 15) is 0 Å². The van der Waals surface area contributed by atoms with Crippen LogP contribution in [0.25, 0.3) is 0 Å². The van der Waals surface area contributed by atoms with Gasteiger partial charge < -0.3 is 10.1 Å². The molecule has 0 amide bonds. The number of nitrogens with one attached hydrogen (secondary N) is 1. The molecule has 0 aliphatic carbocycles. The first-order valence-corrected chi connectivity index (χ1v) is 6.28. The van der Waals surface area contributed by atoms with Gasteiger partial charge in [0.25, 0.3) is 0 Å². The molecule has 1 aromatic carbocycles. The summed E-state index contributed by atoms with van der Waals surface area (Å²) in [5.41, 5.74) is 0. The Morgan fingerprint density at radius 3 is 2.56 bits per heavy atom. The van der Waals surface area contributed by atoms with Crippen LogP contribution in [0, 0.1) is 0 Å². The minimum atomic E-state index is 0.643. The van der Waals surface area contributed by atoms with Crippen LogP contribution in [-0.4, -0.2) is 19.2 Å². The molecule has 0 saturated carbocycles. The molecule has 1 rings (SSSR count). The average Bonchev–Trinajstić information content (AvgIpc) is 2.34. The van der Waals surface area contributed by atoms with Gasteiger partial charge in [-0.15, -0.1) is 0 Å². The fourth-order valence-corrected chi connectivity index (χ4v) is 1.78. The quantitative estimate of drug-likeness (QED) is 0.680. The Morgan fingerprint density at radius 1 is 1.19 bits per heavy atom. The lowest BCUT2D eigenvalue weighted by atomic mass is 10.1. The third kappa shape index (κ3) is 5.17. The summed E-state index contributed by atoms with van der Waals surface area (Å²) in [6.45, 7) is 6.25. The van der Waals surface area contributed by atoms with Crippen molar-refractivity contribution in [2.75, 3.05) is 13.2 Å². The highest BCUT2D eigenvalue weighted by molar-refractivity contribution is 5.20. The lowest BCUT2D eigenvalue weighted by molar-refractivity contribution is 0.295. The van der Waals surface area contributed by atoms with E-state index in [2.05, 4.69) is 19.2 Å². The van der Waals surface area contributed by atoms with E-state index in [4.69, 9.17) is 4.74 Å². The van der Waals surface area contributed by atoms with Gasteiger partial charge in [0, 0.05) is 6.04 Å². The lowest BCUT2D eigenvalue weighted by Gasteiger charge is -2.15. The van der Waals surface area contributed by atoms with Crippen molar-refractivity contribution in [3.05, 3.63) is 30.3 Å². The maximum atomic E-state index is 5.65. The van der Waals surface area contributed by atoms with E-state index >= 15 is 0 Å². The highest BCUT2D eigenvalue weighted by atomic mass is 16.5. The van der Waals surface area contributed by atoms with Crippen LogP contribution in [0.1, 0.15) is 33.1 Å². The Labute approximate surface area is 99.0 Å². The van der Waals surface area contributed by atoms with Crippen molar-refractivity contribution in [2.24, 2.45) is 0 Å². The molecule has 2 nitrogen and oxygen atoms in total. The van der Waals surface area contributed by atoms with Gasteiger partial charge in [0.05, 0.1) is 6.61 Å². The van der Waals surface area contributed by atoms with Crippen LogP contribution in [0.4, 0.5) is 0 Å². The van der Waals surface area contributed by atoms with Crippen molar-refractivity contribution in [1.82, 2.24) is 5.32 Å². The van der Waals surface area contributed by atoms with E-state index in [1.54, 1.807) is 0 Å². The molecule has 1 unspecified atom stereocenters. The van der Waals surface area contributed by atoms with E-state index in [-0.39, 0.29) is 0 Å². The van der Waals surface area contributed by atoms with Crippen molar-refractivity contribution >= 4 is 0 Å². The summed E-state index contributed by atoms with van der Waals surface area (Å²) < 4.78 is 5.65. The Morgan fingerprint density at radius 2 is 1.94 bits per heavy atom. The van der Waals surface area contributed by atoms with Gasteiger partial charge in [-0.25, -0.2) is 0 Å². The van der Waals surface area contributed by atoms with Gasteiger partial charge >= 0.3 is 0 Å². The van der Waals surface area contributed by atoms with Gasteiger partial charge in [-0.3, -0.25) is 0 Å². The van der Waals surface area contributed by atoms with Crippen molar-refractivity contribution in [1.29, 1.82) is 0 Å². The van der Waals surface area contributed by atoms with Crippen LogP contribution >= 0.6 is 0 Å². The van der Waals surface area contributed by atoms with Crippen molar-refractivity contribution in [3.8, 4) is 5.75 Å². The van der Waals surface area contributed by atoms with Crippen LogP contribution in [0.3, 0.4) is 0 Å². The first-order chi connectivity index (χ1) is 7.86. The molecule has 0 aliphatic heterocycles. The Balaban J connectivity index is 2.11. The summed E-state index contributed by atoms with van der Waals surface area (Å²) in [7, 11) is 0. The standard InChI is InChI=1S/C14H23NO/c1-3-13(15-4-2)9-8-12-16-14-10-6-5-7-11-14/h5-7,10-11,13,15H,3-4,8-9,12H2,1-2H3. The second-order valence-electron chi connectivity index (χ2n) is 3.97. The van der Waals surface area contributed by atoms with E-state index in [1.165, 1.54) is 12.8 Å². The third-order valence-corrected chi connectivity index (χ3v) is 2.69. The number of benzene rings is 1. The number of ether oxygens (including phenoxy) is 1. The second kappa shape index (κ2) is 8.17. The predicted molar refractivity (Wildman–Crippen MR) is 68.9 cm³/mol. The number of hydrogen-bond acceptors (Lipinski definition) is 2. The van der Waals surface area contributed by atoms with Crippen LogP contribution in [0.15, 0.2) is 30.3 Å². The van der Waals surface area contributed by atoms with Gasteiger partial charge in [0.15, 0.2) is 0 Å². The molecule has 0 aromatic heterocycles. The molecule has 1 aromatic rings. The summed E-state index contributed by atoms with van der Waals surface area (Å²) in [5.74, 6) is 0.971. The maximum absolute atomic E-state index is 5.65. The monoisotopic (exact) mass is 221 g/mol. The van der Waals surface area contributed by atoms with E-state index in [0.29, 0.717) is 6.04 Å². The molecule has 0 bridgehead atoms. The molecule has 90 valence electrons. The summed E-state index contributed by atoms with van der Waals surface area (Å²) in [6.07, 6.45) is 3.50. The molecule has 0 aliphatic rings. The van der Waals surface area contributed by atoms with Gasteiger partial charge in [0.1, 0.15) is 5.75 Å². The van der Waals surface area contributed by atoms with Crippen LogP contribution in [0.5, 0.6) is 5.75 Å². The Bertz CT molecular complexity index is 261. The van der Waals surface area contributed by atoms with Crippen molar-refractivity contribution < 1.29 is 4.74 Å². The SMILES string of the molecule is CCNC(CC)CCCOc1ccccc1. The zero-order valence-electron chi connectivity index (χ0n) is 10.4. The molecular formula is C14H23NO. The van der Waals surface area contributed by atoms with Crippen LogP contribution in [0.2, 0.25) is 0 Å². The molecule has 2 heteroatoms. The lowest BCUT2D eigenvalue weighted by Crippen LogP contribution is -2.28. The molecule has 0 fully saturated rings. The Kier molecular flexibility index (Phi) is 6.66. The van der Waals surface area contributed by atoms with Crippen molar-refractivity contribution in [3.63, 3.8) is 0 Å².